The first-order valence-corrected chi connectivity index (χ1v) is 12.1. The molecule has 0 aliphatic carbocycles. The number of hydrogen-bond donors (Lipinski definition) is 1. The Hall–Kier alpha value is -4.71. The van der Waals surface area contributed by atoms with Crippen LogP contribution in [0, 0.1) is 6.92 Å². The molecule has 0 spiro atoms. The maximum Gasteiger partial charge on any atom is 0.338 e. The van der Waals surface area contributed by atoms with Crippen molar-refractivity contribution in [3.05, 3.63) is 83.9 Å². The Morgan fingerprint density at radius 1 is 1.03 bits per heavy atom. The topological polar surface area (TPSA) is 135 Å². The smallest absolute Gasteiger partial charge is 0.338 e. The molecule has 0 saturated carbocycles. The first kappa shape index (κ1) is 25.9. The number of halogens is 1. The van der Waals surface area contributed by atoms with E-state index < -0.39 is 49.1 Å². The highest BCUT2D eigenvalue weighted by atomic mass is 19.1. The van der Waals surface area contributed by atoms with Crippen LogP contribution in [-0.4, -0.2) is 62.4 Å². The highest BCUT2D eigenvalue weighted by Gasteiger charge is 2.49. The van der Waals surface area contributed by atoms with Gasteiger partial charge in [-0.1, -0.05) is 35.9 Å². The summed E-state index contributed by atoms with van der Waals surface area (Å²) >= 11 is 0. The molecule has 0 bridgehead atoms. The lowest BCUT2D eigenvalue weighted by molar-refractivity contribution is -0.154. The van der Waals surface area contributed by atoms with Gasteiger partial charge in [-0.3, -0.25) is 14.2 Å². The summed E-state index contributed by atoms with van der Waals surface area (Å²) in [4.78, 5) is 49.5. The molecule has 0 unspecified atom stereocenters. The standard InChI is InChI=1S/C27H24FN5O6/c1-15-8-10-18(11-9-15)27(36)37-12-19-20(28)22(38-16(2)34)26(39-19)33-14-31-21-23(29-13-30-24(21)33)32-25(35)17-6-4-3-5-7-17/h3-11,13-14,19-20,22,26H,12H2,1-2H3,(H,29,30,32,35)/t19-,20-,22-,26-/m1/s1. The van der Waals surface area contributed by atoms with E-state index in [0.29, 0.717) is 11.1 Å². The van der Waals surface area contributed by atoms with Crippen molar-refractivity contribution < 1.29 is 33.0 Å². The van der Waals surface area contributed by atoms with Crippen molar-refractivity contribution in [2.75, 3.05) is 11.9 Å². The number of anilines is 1. The minimum Gasteiger partial charge on any atom is -0.459 e. The van der Waals surface area contributed by atoms with Gasteiger partial charge in [-0.15, -0.1) is 0 Å². The van der Waals surface area contributed by atoms with Gasteiger partial charge in [0.1, 0.15) is 19.0 Å². The van der Waals surface area contributed by atoms with Crippen molar-refractivity contribution in [2.45, 2.75) is 38.5 Å². The SMILES string of the molecule is CC(=O)O[C@@H]1[C@H](F)[C@@H](COC(=O)c2ccc(C)cc2)O[C@H]1n1cnc2c(NC(=O)c3ccccc3)ncnc21. The Morgan fingerprint density at radius 3 is 2.49 bits per heavy atom. The Labute approximate surface area is 221 Å². The van der Waals surface area contributed by atoms with Gasteiger partial charge in [0, 0.05) is 12.5 Å². The van der Waals surface area contributed by atoms with Crippen LogP contribution < -0.4 is 5.32 Å². The average Bonchev–Trinajstić information content (AvgIpc) is 3.49. The van der Waals surface area contributed by atoms with E-state index in [4.69, 9.17) is 14.2 Å². The molecule has 1 aliphatic rings. The number of esters is 2. The molecule has 1 fully saturated rings. The number of carbonyl (C=O) groups excluding carboxylic acids is 3. The normalized spacial score (nSPS) is 20.5. The van der Waals surface area contributed by atoms with Crippen molar-refractivity contribution in [1.82, 2.24) is 19.5 Å². The maximum absolute atomic E-state index is 15.5. The van der Waals surface area contributed by atoms with Gasteiger partial charge in [0.2, 0.25) is 0 Å². The summed E-state index contributed by atoms with van der Waals surface area (Å²) in [5.74, 6) is -1.63. The zero-order valence-electron chi connectivity index (χ0n) is 21.0. The first-order chi connectivity index (χ1) is 18.8. The van der Waals surface area contributed by atoms with Crippen molar-refractivity contribution in [1.29, 1.82) is 0 Å². The Balaban J connectivity index is 1.37. The summed E-state index contributed by atoms with van der Waals surface area (Å²) in [6, 6.07) is 15.3. The molecular formula is C27H24FN5O6. The van der Waals surface area contributed by atoms with Crippen LogP contribution in [0.25, 0.3) is 11.2 Å². The molecule has 12 heteroatoms. The van der Waals surface area contributed by atoms with Crippen LogP contribution in [-0.2, 0) is 19.0 Å². The molecule has 39 heavy (non-hydrogen) atoms. The minimum atomic E-state index is -1.82. The third kappa shape index (κ3) is 5.46. The summed E-state index contributed by atoms with van der Waals surface area (Å²) in [6.07, 6.45) is -3.06. The van der Waals surface area contributed by atoms with Gasteiger partial charge in [-0.25, -0.2) is 24.1 Å². The quantitative estimate of drug-likeness (QED) is 0.355. The fourth-order valence-electron chi connectivity index (χ4n) is 4.20. The molecule has 2 aromatic heterocycles. The lowest BCUT2D eigenvalue weighted by Crippen LogP contribution is -2.34. The number of amides is 1. The van der Waals surface area contributed by atoms with E-state index in [-0.39, 0.29) is 17.0 Å². The number of ether oxygens (including phenoxy) is 3. The zero-order chi connectivity index (χ0) is 27.5. The van der Waals surface area contributed by atoms with Gasteiger partial charge in [0.15, 0.2) is 35.5 Å². The number of imidazole rings is 1. The van der Waals surface area contributed by atoms with E-state index in [1.165, 1.54) is 17.2 Å². The number of carbonyl (C=O) groups is 3. The van der Waals surface area contributed by atoms with Crippen LogP contribution in [0.3, 0.4) is 0 Å². The van der Waals surface area contributed by atoms with E-state index in [2.05, 4.69) is 20.3 Å². The van der Waals surface area contributed by atoms with Crippen LogP contribution in [0.2, 0.25) is 0 Å². The molecule has 2 aromatic carbocycles. The molecule has 1 aliphatic heterocycles. The number of nitrogens with zero attached hydrogens (tertiary/aromatic N) is 4. The van der Waals surface area contributed by atoms with Crippen LogP contribution in [0.4, 0.5) is 10.2 Å². The van der Waals surface area contributed by atoms with E-state index in [0.717, 1.165) is 12.5 Å². The van der Waals surface area contributed by atoms with Gasteiger partial charge in [0.05, 0.1) is 11.9 Å². The van der Waals surface area contributed by atoms with E-state index in [1.807, 2.05) is 6.92 Å². The highest BCUT2D eigenvalue weighted by Crippen LogP contribution is 2.36. The monoisotopic (exact) mass is 533 g/mol. The number of aryl methyl sites for hydroxylation is 1. The molecule has 4 aromatic rings. The van der Waals surface area contributed by atoms with Gasteiger partial charge in [-0.05, 0) is 31.2 Å². The summed E-state index contributed by atoms with van der Waals surface area (Å²) in [5.41, 5.74) is 2.13. The fraction of sp³-hybridized carbons (Fsp3) is 0.259. The highest BCUT2D eigenvalue weighted by molar-refractivity contribution is 6.06. The number of rotatable bonds is 7. The van der Waals surface area contributed by atoms with Gasteiger partial charge < -0.3 is 19.5 Å². The van der Waals surface area contributed by atoms with Crippen molar-refractivity contribution in [3.63, 3.8) is 0 Å². The third-order valence-corrected chi connectivity index (χ3v) is 6.13. The second-order valence-corrected chi connectivity index (χ2v) is 8.91. The first-order valence-electron chi connectivity index (χ1n) is 12.1. The second kappa shape index (κ2) is 11.0. The van der Waals surface area contributed by atoms with Crippen LogP contribution in [0.1, 0.15) is 39.4 Å². The van der Waals surface area contributed by atoms with Gasteiger partial charge in [0.25, 0.3) is 5.91 Å². The van der Waals surface area contributed by atoms with E-state index in [9.17, 15) is 14.4 Å². The number of benzene rings is 2. The predicted octanol–water partition coefficient (Wildman–Crippen LogP) is 3.41. The molecule has 3 heterocycles. The van der Waals surface area contributed by atoms with Crippen LogP contribution in [0.5, 0.6) is 0 Å². The number of hydrogen-bond acceptors (Lipinski definition) is 9. The molecule has 4 atom stereocenters. The lowest BCUT2D eigenvalue weighted by Gasteiger charge is -2.20. The third-order valence-electron chi connectivity index (χ3n) is 6.13. The number of nitrogens with one attached hydrogen (secondary N) is 1. The van der Waals surface area contributed by atoms with Crippen molar-refractivity contribution in [3.8, 4) is 0 Å². The molecule has 200 valence electrons. The fourth-order valence-corrected chi connectivity index (χ4v) is 4.20. The molecule has 1 N–H and O–H groups in total. The molecule has 1 saturated heterocycles. The number of fused-ring (bicyclic) bond motifs is 1. The average molecular weight is 534 g/mol. The summed E-state index contributed by atoms with van der Waals surface area (Å²) in [6.45, 7) is 2.62. The Morgan fingerprint density at radius 2 is 1.77 bits per heavy atom. The van der Waals surface area contributed by atoms with Crippen molar-refractivity contribution in [2.24, 2.45) is 0 Å². The summed E-state index contributed by atoms with van der Waals surface area (Å²) < 4.78 is 33.3. The second-order valence-electron chi connectivity index (χ2n) is 8.91. The Bertz CT molecular complexity index is 1510. The summed E-state index contributed by atoms with van der Waals surface area (Å²) in [5, 5.41) is 2.69. The Kier molecular flexibility index (Phi) is 7.28. The van der Waals surface area contributed by atoms with Gasteiger partial charge >= 0.3 is 11.9 Å². The van der Waals surface area contributed by atoms with Crippen LogP contribution in [0.15, 0.2) is 67.3 Å². The lowest BCUT2D eigenvalue weighted by atomic mass is 10.1. The van der Waals surface area contributed by atoms with Crippen LogP contribution >= 0.6 is 0 Å². The minimum absolute atomic E-state index is 0.134. The molecular weight excluding hydrogens is 509 g/mol. The zero-order valence-corrected chi connectivity index (χ0v) is 21.0. The predicted molar refractivity (Wildman–Crippen MR) is 136 cm³/mol. The maximum atomic E-state index is 15.5. The molecule has 5 rings (SSSR count). The van der Waals surface area contributed by atoms with Gasteiger partial charge in [-0.2, -0.15) is 0 Å². The largest absolute Gasteiger partial charge is 0.459 e. The number of alkyl halides is 1. The molecule has 11 nitrogen and oxygen atoms in total. The number of aromatic nitrogens is 4. The van der Waals surface area contributed by atoms with E-state index >= 15 is 4.39 Å². The molecule has 0 radical (unpaired) electrons. The molecule has 1 amide bonds. The van der Waals surface area contributed by atoms with E-state index in [1.54, 1.807) is 54.6 Å². The summed E-state index contributed by atoms with van der Waals surface area (Å²) in [7, 11) is 0. The van der Waals surface area contributed by atoms with Crippen molar-refractivity contribution >= 4 is 34.8 Å².